The van der Waals surface area contributed by atoms with Crippen molar-refractivity contribution in [1.82, 2.24) is 10.2 Å². The minimum Gasteiger partial charge on any atom is -0.338 e. The molecule has 0 bridgehead atoms. The van der Waals surface area contributed by atoms with Crippen LogP contribution in [0.25, 0.3) is 0 Å². The van der Waals surface area contributed by atoms with Crippen LogP contribution in [-0.2, 0) is 9.59 Å². The van der Waals surface area contributed by atoms with Crippen LogP contribution in [0.4, 0.5) is 5.69 Å². The molecule has 0 aromatic heterocycles. The lowest BCUT2D eigenvalue weighted by Gasteiger charge is -2.50. The molecule has 1 aromatic rings. The normalized spacial score (nSPS) is 21.0. The second kappa shape index (κ2) is 8.68. The second-order valence-electron chi connectivity index (χ2n) is 9.63. The SMILES string of the molecule is CCCCN(C(=O)CN1C(=O)CSc2ccccc21)C1CC(C)(C)NC(C)(C)C1. The van der Waals surface area contributed by atoms with Crippen molar-refractivity contribution in [3.05, 3.63) is 24.3 Å². The first kappa shape index (κ1) is 22.2. The van der Waals surface area contributed by atoms with E-state index in [1.165, 1.54) is 0 Å². The smallest absolute Gasteiger partial charge is 0.242 e. The number of benzene rings is 1. The highest BCUT2D eigenvalue weighted by molar-refractivity contribution is 8.00. The Morgan fingerprint density at radius 3 is 2.52 bits per heavy atom. The number of hydrogen-bond acceptors (Lipinski definition) is 4. The van der Waals surface area contributed by atoms with E-state index in [0.29, 0.717) is 5.75 Å². The molecule has 3 rings (SSSR count). The average Bonchev–Trinajstić information content (AvgIpc) is 2.62. The molecule has 0 atom stereocenters. The van der Waals surface area contributed by atoms with E-state index >= 15 is 0 Å². The third kappa shape index (κ3) is 5.34. The minimum atomic E-state index is -0.0264. The lowest BCUT2D eigenvalue weighted by molar-refractivity contribution is -0.135. The second-order valence-corrected chi connectivity index (χ2v) is 10.6. The molecule has 2 aliphatic rings. The third-order valence-corrected chi connectivity index (χ3v) is 6.83. The molecule has 1 aromatic carbocycles. The van der Waals surface area contributed by atoms with E-state index in [1.54, 1.807) is 16.7 Å². The van der Waals surface area contributed by atoms with Gasteiger partial charge in [0.1, 0.15) is 6.54 Å². The molecule has 0 aliphatic carbocycles. The Morgan fingerprint density at radius 2 is 1.86 bits per heavy atom. The number of para-hydroxylation sites is 1. The van der Waals surface area contributed by atoms with Crippen molar-refractivity contribution >= 4 is 29.3 Å². The summed E-state index contributed by atoms with van der Waals surface area (Å²) < 4.78 is 0. The van der Waals surface area contributed by atoms with Gasteiger partial charge in [0.15, 0.2) is 0 Å². The number of anilines is 1. The summed E-state index contributed by atoms with van der Waals surface area (Å²) in [5.41, 5.74) is 0.811. The quantitative estimate of drug-likeness (QED) is 0.758. The third-order valence-electron chi connectivity index (χ3n) is 5.78. The van der Waals surface area contributed by atoms with Gasteiger partial charge < -0.3 is 15.1 Å². The first-order valence-electron chi connectivity index (χ1n) is 10.7. The molecule has 0 radical (unpaired) electrons. The summed E-state index contributed by atoms with van der Waals surface area (Å²) in [7, 11) is 0. The van der Waals surface area contributed by atoms with Crippen molar-refractivity contribution in [2.24, 2.45) is 0 Å². The number of fused-ring (bicyclic) bond motifs is 1. The fraction of sp³-hybridized carbons (Fsp3) is 0.652. The topological polar surface area (TPSA) is 52.7 Å². The Kier molecular flexibility index (Phi) is 6.64. The molecule has 0 unspecified atom stereocenters. The standard InChI is InChI=1S/C23H35N3O2S/c1-6-7-12-25(17-13-22(2,3)24-23(4,5)14-17)20(27)15-26-18-10-8-9-11-19(18)29-16-21(26)28/h8-11,17,24H,6-7,12-16H2,1-5H3. The van der Waals surface area contributed by atoms with Crippen molar-refractivity contribution in [2.45, 2.75) is 82.3 Å². The molecule has 1 N–H and O–H groups in total. The largest absolute Gasteiger partial charge is 0.338 e. The van der Waals surface area contributed by atoms with Gasteiger partial charge in [-0.05, 0) is 59.1 Å². The van der Waals surface area contributed by atoms with Crippen LogP contribution in [0.2, 0.25) is 0 Å². The molecule has 6 heteroatoms. The van der Waals surface area contributed by atoms with Crippen LogP contribution in [0.3, 0.4) is 0 Å². The molecule has 29 heavy (non-hydrogen) atoms. The maximum Gasteiger partial charge on any atom is 0.242 e. The maximum atomic E-state index is 13.5. The van der Waals surface area contributed by atoms with E-state index in [0.717, 1.165) is 42.8 Å². The summed E-state index contributed by atoms with van der Waals surface area (Å²) in [5.74, 6) is 0.475. The van der Waals surface area contributed by atoms with Crippen LogP contribution in [0.1, 0.15) is 60.3 Å². The molecular formula is C23H35N3O2S. The van der Waals surface area contributed by atoms with E-state index in [4.69, 9.17) is 0 Å². The molecule has 5 nitrogen and oxygen atoms in total. The Morgan fingerprint density at radius 1 is 1.21 bits per heavy atom. The van der Waals surface area contributed by atoms with Crippen molar-refractivity contribution in [3.8, 4) is 0 Å². The van der Waals surface area contributed by atoms with E-state index in [1.807, 2.05) is 24.3 Å². The summed E-state index contributed by atoms with van der Waals surface area (Å²) in [5, 5.41) is 3.71. The van der Waals surface area contributed by atoms with E-state index in [-0.39, 0.29) is 35.5 Å². The molecule has 0 spiro atoms. The van der Waals surface area contributed by atoms with Gasteiger partial charge in [-0.25, -0.2) is 0 Å². The average molecular weight is 418 g/mol. The van der Waals surface area contributed by atoms with Gasteiger partial charge in [-0.15, -0.1) is 11.8 Å². The van der Waals surface area contributed by atoms with Gasteiger partial charge in [0, 0.05) is 28.6 Å². The maximum absolute atomic E-state index is 13.5. The Hall–Kier alpha value is -1.53. The predicted octanol–water partition coefficient (Wildman–Crippen LogP) is 4.06. The molecule has 2 amide bonds. The fourth-order valence-electron chi connectivity index (χ4n) is 4.88. The van der Waals surface area contributed by atoms with E-state index < -0.39 is 0 Å². The highest BCUT2D eigenvalue weighted by Crippen LogP contribution is 2.36. The van der Waals surface area contributed by atoms with Crippen molar-refractivity contribution < 1.29 is 9.59 Å². The van der Waals surface area contributed by atoms with Crippen LogP contribution >= 0.6 is 11.8 Å². The van der Waals surface area contributed by atoms with Crippen LogP contribution in [0.15, 0.2) is 29.2 Å². The zero-order valence-electron chi connectivity index (χ0n) is 18.5. The number of thioether (sulfide) groups is 1. The van der Waals surface area contributed by atoms with Crippen LogP contribution in [0.5, 0.6) is 0 Å². The molecular weight excluding hydrogens is 382 g/mol. The summed E-state index contributed by atoms with van der Waals surface area (Å²) >= 11 is 1.55. The number of carbonyl (C=O) groups excluding carboxylic acids is 2. The molecule has 2 aliphatic heterocycles. The Labute approximate surface area is 179 Å². The van der Waals surface area contributed by atoms with Crippen LogP contribution < -0.4 is 10.2 Å². The highest BCUT2D eigenvalue weighted by Gasteiger charge is 2.41. The molecule has 1 saturated heterocycles. The summed E-state index contributed by atoms with van der Waals surface area (Å²) in [6.07, 6.45) is 3.87. The zero-order chi connectivity index (χ0) is 21.2. The molecule has 2 heterocycles. The van der Waals surface area contributed by atoms with Gasteiger partial charge in [0.25, 0.3) is 0 Å². The summed E-state index contributed by atoms with van der Waals surface area (Å²) in [6, 6.07) is 8.07. The Bertz CT molecular complexity index is 746. The van der Waals surface area contributed by atoms with Gasteiger partial charge in [-0.2, -0.15) is 0 Å². The highest BCUT2D eigenvalue weighted by atomic mass is 32.2. The van der Waals surface area contributed by atoms with Crippen molar-refractivity contribution in [2.75, 3.05) is 23.7 Å². The van der Waals surface area contributed by atoms with Crippen LogP contribution in [-0.4, -0.2) is 52.7 Å². The number of nitrogens with zero attached hydrogens (tertiary/aromatic N) is 2. The van der Waals surface area contributed by atoms with Gasteiger partial charge in [-0.1, -0.05) is 25.5 Å². The monoisotopic (exact) mass is 417 g/mol. The Balaban J connectivity index is 1.82. The number of rotatable bonds is 6. The summed E-state index contributed by atoms with van der Waals surface area (Å²) in [6.45, 7) is 11.9. The number of carbonyl (C=O) groups is 2. The van der Waals surface area contributed by atoms with E-state index in [2.05, 4.69) is 44.8 Å². The van der Waals surface area contributed by atoms with Crippen LogP contribution in [0, 0.1) is 0 Å². The van der Waals surface area contributed by atoms with Gasteiger partial charge in [0.2, 0.25) is 11.8 Å². The minimum absolute atomic E-state index is 0.0171. The molecule has 0 saturated carbocycles. The summed E-state index contributed by atoms with van der Waals surface area (Å²) in [4.78, 5) is 31.0. The van der Waals surface area contributed by atoms with Gasteiger partial charge >= 0.3 is 0 Å². The number of piperidine rings is 1. The van der Waals surface area contributed by atoms with Gasteiger partial charge in [0.05, 0.1) is 11.4 Å². The first-order valence-corrected chi connectivity index (χ1v) is 11.7. The lowest BCUT2D eigenvalue weighted by Crippen LogP contribution is -2.63. The predicted molar refractivity (Wildman–Crippen MR) is 120 cm³/mol. The first-order chi connectivity index (χ1) is 13.6. The van der Waals surface area contributed by atoms with Gasteiger partial charge in [-0.3, -0.25) is 9.59 Å². The number of nitrogens with one attached hydrogen (secondary N) is 1. The number of hydrogen-bond donors (Lipinski definition) is 1. The molecule has 160 valence electrons. The zero-order valence-corrected chi connectivity index (χ0v) is 19.3. The van der Waals surface area contributed by atoms with E-state index in [9.17, 15) is 9.59 Å². The molecule has 1 fully saturated rings. The number of amides is 2. The van der Waals surface area contributed by atoms with Crippen molar-refractivity contribution in [3.63, 3.8) is 0 Å². The lowest BCUT2D eigenvalue weighted by atomic mass is 9.79. The van der Waals surface area contributed by atoms with Crippen molar-refractivity contribution in [1.29, 1.82) is 0 Å². The fourth-order valence-corrected chi connectivity index (χ4v) is 5.82. The number of unbranched alkanes of at least 4 members (excludes halogenated alkanes) is 1.